The summed E-state index contributed by atoms with van der Waals surface area (Å²) < 4.78 is 21.9. The lowest BCUT2D eigenvalue weighted by atomic mass is 9.80. The van der Waals surface area contributed by atoms with Gasteiger partial charge in [-0.2, -0.15) is 5.10 Å². The van der Waals surface area contributed by atoms with E-state index in [4.69, 9.17) is 22.1 Å². The van der Waals surface area contributed by atoms with Gasteiger partial charge in [-0.1, -0.05) is 17.7 Å². The fourth-order valence-electron chi connectivity index (χ4n) is 4.24. The number of hydrogen-bond donors (Lipinski definition) is 1. The van der Waals surface area contributed by atoms with Crippen LogP contribution >= 0.6 is 11.6 Å². The lowest BCUT2D eigenvalue weighted by Gasteiger charge is -2.36. The minimum Gasteiger partial charge on any atom is -0.488 e. The molecule has 0 saturated carbocycles. The maximum Gasteiger partial charge on any atom is 0.261 e. The van der Waals surface area contributed by atoms with Gasteiger partial charge in [-0.25, -0.2) is 9.38 Å². The molecule has 158 valence electrons. The molecular weight excluding hydrogens is 421 g/mol. The maximum absolute atomic E-state index is 13.9. The van der Waals surface area contributed by atoms with E-state index in [1.807, 2.05) is 18.3 Å². The Morgan fingerprint density at radius 1 is 1.29 bits per heavy atom. The summed E-state index contributed by atoms with van der Waals surface area (Å²) in [4.78, 5) is 19.3. The first kappa shape index (κ1) is 19.6. The number of aromatic nitrogens is 2. The van der Waals surface area contributed by atoms with Crippen LogP contribution in [0, 0.1) is 5.82 Å². The first-order valence-electron chi connectivity index (χ1n) is 9.74. The van der Waals surface area contributed by atoms with Crippen LogP contribution in [-0.2, 0) is 16.9 Å². The zero-order valence-corrected chi connectivity index (χ0v) is 17.4. The van der Waals surface area contributed by atoms with Crippen molar-refractivity contribution in [1.82, 2.24) is 14.7 Å². The van der Waals surface area contributed by atoms with Crippen molar-refractivity contribution in [2.75, 3.05) is 7.05 Å². The number of carbonyl (C=O) groups excluding carboxylic acids is 1. The van der Waals surface area contributed by atoms with Crippen LogP contribution in [-0.4, -0.2) is 39.7 Å². The van der Waals surface area contributed by atoms with E-state index in [9.17, 15) is 9.18 Å². The summed E-state index contributed by atoms with van der Waals surface area (Å²) in [5, 5.41) is 4.52. The van der Waals surface area contributed by atoms with Crippen LogP contribution in [0.1, 0.15) is 12.0 Å². The van der Waals surface area contributed by atoms with Gasteiger partial charge in [-0.05, 0) is 47.5 Å². The third-order valence-corrected chi connectivity index (χ3v) is 5.91. The second-order valence-electron chi connectivity index (χ2n) is 7.74. The minimum absolute atomic E-state index is 0.148. The van der Waals surface area contributed by atoms with Crippen LogP contribution in [0.5, 0.6) is 5.75 Å². The molecule has 9 heteroatoms. The van der Waals surface area contributed by atoms with Gasteiger partial charge in [0.05, 0.1) is 6.54 Å². The summed E-state index contributed by atoms with van der Waals surface area (Å²) in [5.41, 5.74) is 6.71. The maximum atomic E-state index is 13.9. The van der Waals surface area contributed by atoms with Crippen molar-refractivity contribution in [2.45, 2.75) is 24.6 Å². The highest BCUT2D eigenvalue weighted by Crippen LogP contribution is 2.47. The van der Waals surface area contributed by atoms with Gasteiger partial charge in [0.1, 0.15) is 17.7 Å². The smallest absolute Gasteiger partial charge is 0.261 e. The van der Waals surface area contributed by atoms with E-state index < -0.39 is 11.4 Å². The van der Waals surface area contributed by atoms with Gasteiger partial charge in [-0.3, -0.25) is 14.4 Å². The van der Waals surface area contributed by atoms with Gasteiger partial charge >= 0.3 is 0 Å². The average molecular weight is 440 g/mol. The van der Waals surface area contributed by atoms with Crippen molar-refractivity contribution in [1.29, 1.82) is 0 Å². The lowest BCUT2D eigenvalue weighted by Crippen LogP contribution is -2.46. The van der Waals surface area contributed by atoms with E-state index in [0.29, 0.717) is 35.4 Å². The first-order valence-corrected chi connectivity index (χ1v) is 10.1. The molecule has 1 spiro atoms. The molecule has 2 atom stereocenters. The summed E-state index contributed by atoms with van der Waals surface area (Å²) in [7, 11) is 1.60. The predicted molar refractivity (Wildman–Crippen MR) is 114 cm³/mol. The second kappa shape index (κ2) is 7.09. The number of halogens is 2. The molecule has 0 radical (unpaired) electrons. The standard InChI is InChI=1S/C22H19ClFN5O2/c1-28-20(30)22(27-21(28)25)11-17(12-29-6-2-5-26-29)31-19-4-3-13(9-18(19)22)14-7-15(23)10-16(24)8-14/h2-10,17H,11-12H2,1H3,(H2,25,27)/t17?,22-/m1/s1. The number of amides is 1. The number of nitrogens with two attached hydrogens (primary N) is 1. The summed E-state index contributed by atoms with van der Waals surface area (Å²) >= 11 is 6.04. The van der Waals surface area contributed by atoms with E-state index in [-0.39, 0.29) is 23.0 Å². The van der Waals surface area contributed by atoms with Gasteiger partial charge in [0, 0.05) is 36.4 Å². The molecular formula is C22H19ClFN5O2. The highest BCUT2D eigenvalue weighted by molar-refractivity contribution is 6.30. The van der Waals surface area contributed by atoms with Crippen LogP contribution in [0.4, 0.5) is 4.39 Å². The molecule has 1 amide bonds. The topological polar surface area (TPSA) is 85.7 Å². The fourth-order valence-corrected chi connectivity index (χ4v) is 4.47. The third-order valence-electron chi connectivity index (χ3n) is 5.70. The monoisotopic (exact) mass is 439 g/mol. The van der Waals surface area contributed by atoms with Crippen molar-refractivity contribution in [3.05, 3.63) is 71.3 Å². The molecule has 1 aromatic heterocycles. The van der Waals surface area contributed by atoms with E-state index in [1.54, 1.807) is 36.1 Å². The van der Waals surface area contributed by atoms with Crippen LogP contribution in [0.3, 0.4) is 0 Å². The Labute approximate surface area is 182 Å². The van der Waals surface area contributed by atoms with E-state index >= 15 is 0 Å². The summed E-state index contributed by atoms with van der Waals surface area (Å²) in [6.45, 7) is 0.460. The Balaban J connectivity index is 1.63. The van der Waals surface area contributed by atoms with Crippen molar-refractivity contribution in [3.63, 3.8) is 0 Å². The largest absolute Gasteiger partial charge is 0.488 e. The molecule has 0 saturated heterocycles. The molecule has 0 bridgehead atoms. The van der Waals surface area contributed by atoms with Gasteiger partial charge in [-0.15, -0.1) is 0 Å². The predicted octanol–water partition coefficient (Wildman–Crippen LogP) is 3.18. The number of carbonyl (C=O) groups is 1. The highest BCUT2D eigenvalue weighted by Gasteiger charge is 2.53. The molecule has 5 rings (SSSR count). The van der Waals surface area contributed by atoms with Crippen molar-refractivity contribution < 1.29 is 13.9 Å². The number of guanidine groups is 1. The molecule has 2 N–H and O–H groups in total. The number of hydrogen-bond acceptors (Lipinski definition) is 5. The number of aliphatic imine (C=N–C) groups is 1. The highest BCUT2D eigenvalue weighted by atomic mass is 35.5. The Hall–Kier alpha value is -3.39. The van der Waals surface area contributed by atoms with Crippen LogP contribution < -0.4 is 10.5 Å². The molecule has 0 aliphatic carbocycles. The Kier molecular flexibility index (Phi) is 4.48. The number of ether oxygens (including phenoxy) is 1. The van der Waals surface area contributed by atoms with E-state index in [2.05, 4.69) is 10.1 Å². The minimum atomic E-state index is -1.21. The van der Waals surface area contributed by atoms with Crippen LogP contribution in [0.2, 0.25) is 5.02 Å². The Morgan fingerprint density at radius 2 is 2.13 bits per heavy atom. The van der Waals surface area contributed by atoms with E-state index in [1.165, 1.54) is 17.0 Å². The normalized spacial score (nSPS) is 22.4. The molecule has 7 nitrogen and oxygen atoms in total. The molecule has 2 aliphatic heterocycles. The van der Waals surface area contributed by atoms with Crippen LogP contribution in [0.25, 0.3) is 11.1 Å². The summed E-state index contributed by atoms with van der Waals surface area (Å²) in [6.07, 6.45) is 3.49. The fraction of sp³-hybridized carbons (Fsp3) is 0.227. The second-order valence-corrected chi connectivity index (χ2v) is 8.17. The van der Waals surface area contributed by atoms with E-state index in [0.717, 1.165) is 0 Å². The third kappa shape index (κ3) is 3.23. The summed E-state index contributed by atoms with van der Waals surface area (Å²) in [5.74, 6) is 0.0172. The quantitative estimate of drug-likeness (QED) is 0.679. The molecule has 31 heavy (non-hydrogen) atoms. The number of rotatable bonds is 3. The average Bonchev–Trinajstić information content (AvgIpc) is 3.31. The van der Waals surface area contributed by atoms with Crippen molar-refractivity contribution in [3.8, 4) is 16.9 Å². The molecule has 2 aromatic carbocycles. The first-order chi connectivity index (χ1) is 14.9. The van der Waals surface area contributed by atoms with Gasteiger partial charge in [0.25, 0.3) is 5.91 Å². The molecule has 3 aromatic rings. The van der Waals surface area contributed by atoms with Crippen molar-refractivity contribution >= 4 is 23.5 Å². The van der Waals surface area contributed by atoms with Crippen molar-refractivity contribution in [2.24, 2.45) is 10.7 Å². The molecule has 3 heterocycles. The van der Waals surface area contributed by atoms with Gasteiger partial charge in [0.2, 0.25) is 0 Å². The number of nitrogens with zero attached hydrogens (tertiary/aromatic N) is 4. The zero-order chi connectivity index (χ0) is 21.8. The number of fused-ring (bicyclic) bond motifs is 2. The Bertz CT molecular complexity index is 1190. The van der Waals surface area contributed by atoms with Gasteiger partial charge in [0.15, 0.2) is 11.5 Å². The number of likely N-dealkylation sites (N-methyl/N-ethyl adjacent to an activating group) is 1. The van der Waals surface area contributed by atoms with Gasteiger partial charge < -0.3 is 10.5 Å². The summed E-state index contributed by atoms with van der Waals surface area (Å²) in [6, 6.07) is 11.5. The number of benzene rings is 2. The zero-order valence-electron chi connectivity index (χ0n) is 16.6. The molecule has 1 unspecified atom stereocenters. The lowest BCUT2D eigenvalue weighted by molar-refractivity contribution is -0.132. The van der Waals surface area contributed by atoms with Crippen LogP contribution in [0.15, 0.2) is 59.9 Å². The molecule has 0 fully saturated rings. The molecule has 2 aliphatic rings. The SMILES string of the molecule is CN1C(=O)[C@]2(CC(Cn3cccn3)Oc3ccc(-c4cc(F)cc(Cl)c4)cc32)N=C1N. The Morgan fingerprint density at radius 3 is 2.81 bits per heavy atom.